The summed E-state index contributed by atoms with van der Waals surface area (Å²) in [7, 11) is 3.18. The average Bonchev–Trinajstić information content (AvgIpc) is 2.38. The van der Waals surface area contributed by atoms with E-state index in [0.29, 0.717) is 6.42 Å². The van der Waals surface area contributed by atoms with E-state index in [1.807, 2.05) is 25.1 Å². The minimum Gasteiger partial charge on any atom is -0.468 e. The predicted octanol–water partition coefficient (Wildman–Crippen LogP) is 2.10. The van der Waals surface area contributed by atoms with Crippen molar-refractivity contribution in [1.82, 2.24) is 10.3 Å². The van der Waals surface area contributed by atoms with Crippen molar-refractivity contribution in [3.63, 3.8) is 0 Å². The van der Waals surface area contributed by atoms with Gasteiger partial charge in [0.1, 0.15) is 5.54 Å². The van der Waals surface area contributed by atoms with Gasteiger partial charge in [0.25, 0.3) is 0 Å². The Morgan fingerprint density at radius 1 is 1.61 bits per heavy atom. The van der Waals surface area contributed by atoms with Crippen LogP contribution < -0.4 is 5.32 Å². The Balaban J connectivity index is 2.63. The predicted molar refractivity (Wildman–Crippen MR) is 73.7 cm³/mol. The summed E-state index contributed by atoms with van der Waals surface area (Å²) >= 11 is 1.65. The molecule has 1 heterocycles. The van der Waals surface area contributed by atoms with Crippen LogP contribution in [0, 0.1) is 0 Å². The van der Waals surface area contributed by atoms with Crippen molar-refractivity contribution in [2.75, 3.05) is 14.2 Å². The Morgan fingerprint density at radius 3 is 2.83 bits per heavy atom. The first-order valence-corrected chi connectivity index (χ1v) is 6.75. The van der Waals surface area contributed by atoms with Crippen LogP contribution in [0.5, 0.6) is 0 Å². The molecule has 0 aliphatic carbocycles. The van der Waals surface area contributed by atoms with Gasteiger partial charge in [-0.05, 0) is 32.5 Å². The summed E-state index contributed by atoms with van der Waals surface area (Å²) < 4.78 is 4.83. The molecule has 0 aliphatic rings. The number of hydrogen-bond acceptors (Lipinski definition) is 5. The van der Waals surface area contributed by atoms with Crippen LogP contribution in [0.1, 0.15) is 20.3 Å². The topological polar surface area (TPSA) is 51.2 Å². The summed E-state index contributed by atoms with van der Waals surface area (Å²) in [5.41, 5.74) is -0.657. The van der Waals surface area contributed by atoms with E-state index in [2.05, 4.69) is 17.2 Å². The van der Waals surface area contributed by atoms with E-state index in [1.165, 1.54) is 7.11 Å². The average molecular weight is 268 g/mol. The van der Waals surface area contributed by atoms with Gasteiger partial charge in [-0.25, -0.2) is 4.98 Å². The van der Waals surface area contributed by atoms with E-state index < -0.39 is 5.54 Å². The third-order valence-electron chi connectivity index (χ3n) is 2.84. The van der Waals surface area contributed by atoms with Crippen molar-refractivity contribution >= 4 is 17.7 Å². The summed E-state index contributed by atoms with van der Waals surface area (Å²) in [6, 6.07) is 5.82. The molecule has 4 nitrogen and oxygen atoms in total. The maximum Gasteiger partial charge on any atom is 0.325 e. The van der Waals surface area contributed by atoms with Gasteiger partial charge in [-0.1, -0.05) is 13.0 Å². The Kier molecular flexibility index (Phi) is 5.62. The first-order chi connectivity index (χ1) is 8.51. The Morgan fingerprint density at radius 2 is 2.33 bits per heavy atom. The number of likely N-dealkylation sites (N-methyl/N-ethyl adjacent to an activating group) is 1. The molecule has 0 spiro atoms. The number of pyridine rings is 1. The fourth-order valence-corrected chi connectivity index (χ4v) is 2.86. The maximum atomic E-state index is 11.7. The second-order valence-electron chi connectivity index (χ2n) is 4.37. The zero-order valence-electron chi connectivity index (χ0n) is 11.3. The second kappa shape index (κ2) is 6.75. The summed E-state index contributed by atoms with van der Waals surface area (Å²) in [6.07, 6.45) is 2.45. The molecule has 0 amide bonds. The molecule has 2 atom stereocenters. The van der Waals surface area contributed by atoms with Crippen molar-refractivity contribution in [3.05, 3.63) is 24.4 Å². The molecular weight excluding hydrogens is 248 g/mol. The molecule has 0 bridgehead atoms. The zero-order valence-corrected chi connectivity index (χ0v) is 12.1. The normalized spacial score (nSPS) is 15.8. The van der Waals surface area contributed by atoms with E-state index in [1.54, 1.807) is 25.0 Å². The van der Waals surface area contributed by atoms with Crippen LogP contribution in [0.2, 0.25) is 0 Å². The van der Waals surface area contributed by atoms with Crippen molar-refractivity contribution in [2.24, 2.45) is 0 Å². The van der Waals surface area contributed by atoms with Crippen LogP contribution in [-0.2, 0) is 9.53 Å². The minimum atomic E-state index is -0.657. The molecule has 18 heavy (non-hydrogen) atoms. The Hall–Kier alpha value is -1.07. The van der Waals surface area contributed by atoms with Crippen molar-refractivity contribution in [2.45, 2.75) is 36.1 Å². The van der Waals surface area contributed by atoms with E-state index in [9.17, 15) is 4.79 Å². The number of methoxy groups -OCH3 is 1. The fraction of sp³-hybridized carbons (Fsp3) is 0.538. The first-order valence-electron chi connectivity index (χ1n) is 5.87. The van der Waals surface area contributed by atoms with Crippen LogP contribution in [0.3, 0.4) is 0 Å². The quantitative estimate of drug-likeness (QED) is 0.632. The van der Waals surface area contributed by atoms with Gasteiger partial charge in [-0.3, -0.25) is 4.79 Å². The molecule has 5 heteroatoms. The Bertz CT molecular complexity index is 386. The summed E-state index contributed by atoms with van der Waals surface area (Å²) in [4.78, 5) is 16.0. The van der Waals surface area contributed by atoms with Gasteiger partial charge in [0.15, 0.2) is 0 Å². The largest absolute Gasteiger partial charge is 0.468 e. The number of nitrogens with one attached hydrogen (secondary N) is 1. The molecule has 2 unspecified atom stereocenters. The molecule has 0 saturated heterocycles. The standard InChI is InChI=1S/C13H20N2O2S/c1-10(18-11-7-5-6-8-15-11)9-13(2,14-3)12(16)17-4/h5-8,10,14H,9H2,1-4H3. The monoisotopic (exact) mass is 268 g/mol. The summed E-state index contributed by atoms with van der Waals surface area (Å²) in [6.45, 7) is 3.94. The third-order valence-corrected chi connectivity index (χ3v) is 3.90. The molecule has 1 aromatic rings. The molecule has 1 N–H and O–H groups in total. The number of aromatic nitrogens is 1. The lowest BCUT2D eigenvalue weighted by atomic mass is 9.96. The van der Waals surface area contributed by atoms with Gasteiger partial charge in [0.2, 0.25) is 0 Å². The van der Waals surface area contributed by atoms with Crippen molar-refractivity contribution in [3.8, 4) is 0 Å². The lowest BCUT2D eigenvalue weighted by molar-refractivity contribution is -0.147. The highest BCUT2D eigenvalue weighted by atomic mass is 32.2. The lowest BCUT2D eigenvalue weighted by Gasteiger charge is -2.28. The van der Waals surface area contributed by atoms with Gasteiger partial charge in [0, 0.05) is 11.4 Å². The zero-order chi connectivity index (χ0) is 13.6. The molecule has 0 saturated carbocycles. The number of hydrogen-bond donors (Lipinski definition) is 1. The number of carbonyl (C=O) groups is 1. The van der Waals surface area contributed by atoms with Crippen LogP contribution in [-0.4, -0.2) is 35.9 Å². The van der Waals surface area contributed by atoms with Crippen molar-refractivity contribution in [1.29, 1.82) is 0 Å². The second-order valence-corrected chi connectivity index (χ2v) is 5.83. The molecule has 1 aromatic heterocycles. The molecule has 0 radical (unpaired) electrons. The van der Waals surface area contributed by atoms with Crippen LogP contribution in [0.4, 0.5) is 0 Å². The number of ether oxygens (including phenoxy) is 1. The SMILES string of the molecule is CNC(C)(CC(C)Sc1ccccn1)C(=O)OC. The van der Waals surface area contributed by atoms with E-state index in [0.717, 1.165) is 5.03 Å². The van der Waals surface area contributed by atoms with Gasteiger partial charge in [-0.2, -0.15) is 0 Å². The fourth-order valence-electron chi connectivity index (χ4n) is 1.75. The molecule has 0 fully saturated rings. The highest BCUT2D eigenvalue weighted by Gasteiger charge is 2.34. The number of esters is 1. The van der Waals surface area contributed by atoms with Crippen LogP contribution >= 0.6 is 11.8 Å². The molecule has 0 aliphatic heterocycles. The first kappa shape index (κ1) is 15.0. The van der Waals surface area contributed by atoms with Gasteiger partial charge in [-0.15, -0.1) is 11.8 Å². The highest BCUT2D eigenvalue weighted by Crippen LogP contribution is 2.27. The highest BCUT2D eigenvalue weighted by molar-refractivity contribution is 7.99. The number of nitrogens with zero attached hydrogens (tertiary/aromatic N) is 1. The van der Waals surface area contributed by atoms with Crippen molar-refractivity contribution < 1.29 is 9.53 Å². The van der Waals surface area contributed by atoms with Crippen LogP contribution in [0.25, 0.3) is 0 Å². The summed E-state index contributed by atoms with van der Waals surface area (Å²) in [5.74, 6) is -0.238. The number of rotatable bonds is 6. The Labute approximate surface area is 113 Å². The van der Waals surface area contributed by atoms with Crippen LogP contribution in [0.15, 0.2) is 29.4 Å². The van der Waals surface area contributed by atoms with E-state index >= 15 is 0 Å². The smallest absolute Gasteiger partial charge is 0.325 e. The lowest BCUT2D eigenvalue weighted by Crippen LogP contribution is -2.49. The number of thioether (sulfide) groups is 1. The maximum absolute atomic E-state index is 11.7. The molecule has 1 rings (SSSR count). The number of carbonyl (C=O) groups excluding carboxylic acids is 1. The van der Waals surface area contributed by atoms with Gasteiger partial charge < -0.3 is 10.1 Å². The van der Waals surface area contributed by atoms with Gasteiger partial charge >= 0.3 is 5.97 Å². The van der Waals surface area contributed by atoms with Gasteiger partial charge in [0.05, 0.1) is 12.1 Å². The molecule has 0 aromatic carbocycles. The molecule has 100 valence electrons. The van der Waals surface area contributed by atoms with E-state index in [4.69, 9.17) is 4.74 Å². The molecular formula is C13H20N2O2S. The third kappa shape index (κ3) is 3.99. The summed E-state index contributed by atoms with van der Waals surface area (Å²) in [5, 5.41) is 4.26. The minimum absolute atomic E-state index is 0.238. The van der Waals surface area contributed by atoms with E-state index in [-0.39, 0.29) is 11.2 Å².